The van der Waals surface area contributed by atoms with Crippen LogP contribution < -0.4 is 5.32 Å². The standard InChI is InChI=1S/C23H25F3N4O4/c1-3-8-29-17-13-30(14(2)20(31)28-9-11-34-12-10-28)21(32)18(17)19(27-22(29)33)15-6-4-5-7-16(15)23(24,25)26/h3-7,14,19H,1,8-13H2,2H3,(H,27,33)/t14-,19-/m0/s1. The molecule has 0 radical (unpaired) electrons. The van der Waals surface area contributed by atoms with Crippen LogP contribution in [0.5, 0.6) is 0 Å². The number of carbonyl (C=O) groups excluding carboxylic acids is 3. The molecule has 1 fully saturated rings. The van der Waals surface area contributed by atoms with Gasteiger partial charge in [0.05, 0.1) is 42.6 Å². The molecular weight excluding hydrogens is 453 g/mol. The Kier molecular flexibility index (Phi) is 6.39. The number of urea groups is 1. The van der Waals surface area contributed by atoms with Gasteiger partial charge in [-0.15, -0.1) is 6.58 Å². The van der Waals surface area contributed by atoms with E-state index >= 15 is 0 Å². The van der Waals surface area contributed by atoms with Crippen molar-refractivity contribution in [3.63, 3.8) is 0 Å². The van der Waals surface area contributed by atoms with Gasteiger partial charge in [0.15, 0.2) is 0 Å². The van der Waals surface area contributed by atoms with E-state index in [2.05, 4.69) is 11.9 Å². The van der Waals surface area contributed by atoms with Crippen LogP contribution in [0.3, 0.4) is 0 Å². The molecule has 0 aromatic heterocycles. The maximum absolute atomic E-state index is 13.7. The van der Waals surface area contributed by atoms with Crippen LogP contribution in [0.15, 0.2) is 48.2 Å². The summed E-state index contributed by atoms with van der Waals surface area (Å²) in [6.45, 7) is 6.76. The van der Waals surface area contributed by atoms with E-state index in [0.717, 1.165) is 6.07 Å². The van der Waals surface area contributed by atoms with Gasteiger partial charge in [-0.05, 0) is 18.6 Å². The first kappa shape index (κ1) is 23.8. The van der Waals surface area contributed by atoms with E-state index in [1.54, 1.807) is 11.8 Å². The number of morpholine rings is 1. The van der Waals surface area contributed by atoms with Crippen molar-refractivity contribution in [2.75, 3.05) is 39.4 Å². The molecule has 34 heavy (non-hydrogen) atoms. The number of alkyl halides is 3. The van der Waals surface area contributed by atoms with Crippen LogP contribution in [0.2, 0.25) is 0 Å². The van der Waals surface area contributed by atoms with Crippen molar-refractivity contribution in [1.29, 1.82) is 0 Å². The monoisotopic (exact) mass is 478 g/mol. The van der Waals surface area contributed by atoms with Gasteiger partial charge in [-0.1, -0.05) is 24.3 Å². The molecule has 1 aromatic rings. The molecule has 182 valence electrons. The number of amides is 4. The Hall–Kier alpha value is -3.34. The lowest BCUT2D eigenvalue weighted by Crippen LogP contribution is -2.51. The van der Waals surface area contributed by atoms with Crippen molar-refractivity contribution in [2.45, 2.75) is 25.2 Å². The fourth-order valence-electron chi connectivity index (χ4n) is 4.57. The first-order valence-corrected chi connectivity index (χ1v) is 10.9. The molecule has 1 saturated heterocycles. The Morgan fingerprint density at radius 1 is 1.26 bits per heavy atom. The summed E-state index contributed by atoms with van der Waals surface area (Å²) in [6.07, 6.45) is -3.22. The normalized spacial score (nSPS) is 22.0. The number of nitrogens with one attached hydrogen (secondary N) is 1. The Morgan fingerprint density at radius 3 is 2.59 bits per heavy atom. The number of rotatable bonds is 5. The minimum atomic E-state index is -4.68. The van der Waals surface area contributed by atoms with Gasteiger partial charge in [0, 0.05) is 19.6 Å². The molecule has 2 atom stereocenters. The highest BCUT2D eigenvalue weighted by Crippen LogP contribution is 2.42. The summed E-state index contributed by atoms with van der Waals surface area (Å²) in [5, 5.41) is 2.56. The summed E-state index contributed by atoms with van der Waals surface area (Å²) in [5.41, 5.74) is -0.860. The molecule has 4 amide bonds. The highest BCUT2D eigenvalue weighted by molar-refractivity contribution is 6.03. The Morgan fingerprint density at radius 2 is 1.94 bits per heavy atom. The minimum Gasteiger partial charge on any atom is -0.378 e. The van der Waals surface area contributed by atoms with Gasteiger partial charge in [-0.25, -0.2) is 4.79 Å². The molecule has 1 aromatic carbocycles. The smallest absolute Gasteiger partial charge is 0.378 e. The molecule has 0 unspecified atom stereocenters. The summed E-state index contributed by atoms with van der Waals surface area (Å²) in [4.78, 5) is 43.6. The third-order valence-electron chi connectivity index (χ3n) is 6.29. The van der Waals surface area contributed by atoms with Gasteiger partial charge < -0.3 is 19.9 Å². The van der Waals surface area contributed by atoms with E-state index in [1.165, 1.54) is 34.1 Å². The summed E-state index contributed by atoms with van der Waals surface area (Å²) in [6, 6.07) is 2.04. The van der Waals surface area contributed by atoms with Crippen molar-refractivity contribution in [2.24, 2.45) is 0 Å². The summed E-state index contributed by atoms with van der Waals surface area (Å²) < 4.78 is 46.5. The molecule has 3 aliphatic heterocycles. The second-order valence-electron chi connectivity index (χ2n) is 8.27. The van der Waals surface area contributed by atoms with E-state index < -0.39 is 35.8 Å². The fraction of sp³-hybridized carbons (Fsp3) is 0.435. The van der Waals surface area contributed by atoms with E-state index in [0.29, 0.717) is 26.3 Å². The van der Waals surface area contributed by atoms with Crippen molar-refractivity contribution >= 4 is 17.8 Å². The number of ether oxygens (including phenoxy) is 1. The zero-order valence-corrected chi connectivity index (χ0v) is 18.6. The van der Waals surface area contributed by atoms with E-state index in [-0.39, 0.29) is 35.8 Å². The molecule has 3 heterocycles. The van der Waals surface area contributed by atoms with Gasteiger partial charge in [0.1, 0.15) is 6.04 Å². The van der Waals surface area contributed by atoms with Crippen LogP contribution in [0.25, 0.3) is 0 Å². The van der Waals surface area contributed by atoms with E-state index in [4.69, 9.17) is 4.74 Å². The predicted molar refractivity (Wildman–Crippen MR) is 115 cm³/mol. The minimum absolute atomic E-state index is 0.0276. The molecular formula is C23H25F3N4O4. The van der Waals surface area contributed by atoms with Crippen molar-refractivity contribution in [3.05, 3.63) is 59.3 Å². The molecule has 4 rings (SSSR count). The first-order valence-electron chi connectivity index (χ1n) is 10.9. The van der Waals surface area contributed by atoms with Crippen LogP contribution >= 0.6 is 0 Å². The van der Waals surface area contributed by atoms with Crippen LogP contribution in [-0.2, 0) is 20.5 Å². The predicted octanol–water partition coefficient (Wildman–Crippen LogP) is 2.30. The molecule has 11 heteroatoms. The lowest BCUT2D eigenvalue weighted by atomic mass is 9.91. The lowest BCUT2D eigenvalue weighted by Gasteiger charge is -2.33. The average molecular weight is 478 g/mol. The number of halogens is 3. The topological polar surface area (TPSA) is 82.2 Å². The fourth-order valence-corrected chi connectivity index (χ4v) is 4.57. The number of benzene rings is 1. The number of nitrogens with zero attached hydrogens (tertiary/aromatic N) is 3. The SMILES string of the molecule is C=CCN1C(=O)N[C@@H](c2ccccc2C(F)(F)F)C2=C1CN([C@@H](C)C(=O)N1CCOCC1)C2=O. The highest BCUT2D eigenvalue weighted by atomic mass is 19.4. The second kappa shape index (κ2) is 9.13. The molecule has 3 aliphatic rings. The van der Waals surface area contributed by atoms with Crippen LogP contribution in [0.4, 0.5) is 18.0 Å². The zero-order chi connectivity index (χ0) is 24.6. The molecule has 8 nitrogen and oxygen atoms in total. The van der Waals surface area contributed by atoms with Crippen molar-refractivity contribution < 1.29 is 32.3 Å². The summed E-state index contributed by atoms with van der Waals surface area (Å²) in [5.74, 6) is -0.863. The van der Waals surface area contributed by atoms with Crippen LogP contribution in [0, 0.1) is 0 Å². The largest absolute Gasteiger partial charge is 0.416 e. The third kappa shape index (κ3) is 4.15. The Bertz CT molecular complexity index is 1050. The van der Waals surface area contributed by atoms with Crippen LogP contribution in [-0.4, -0.2) is 78.0 Å². The van der Waals surface area contributed by atoms with Crippen molar-refractivity contribution in [3.8, 4) is 0 Å². The summed E-state index contributed by atoms with van der Waals surface area (Å²) >= 11 is 0. The Labute approximate surface area is 194 Å². The van der Waals surface area contributed by atoms with E-state index in [1.807, 2.05) is 0 Å². The second-order valence-corrected chi connectivity index (χ2v) is 8.27. The van der Waals surface area contributed by atoms with Gasteiger partial charge in [0.25, 0.3) is 5.91 Å². The van der Waals surface area contributed by atoms with E-state index in [9.17, 15) is 27.6 Å². The Balaban J connectivity index is 1.72. The number of hydrogen-bond acceptors (Lipinski definition) is 4. The maximum Gasteiger partial charge on any atom is 0.416 e. The summed E-state index contributed by atoms with van der Waals surface area (Å²) in [7, 11) is 0. The zero-order valence-electron chi connectivity index (χ0n) is 18.6. The van der Waals surface area contributed by atoms with Gasteiger partial charge in [-0.2, -0.15) is 13.2 Å². The van der Waals surface area contributed by atoms with Crippen LogP contribution in [0.1, 0.15) is 24.1 Å². The van der Waals surface area contributed by atoms with Crippen molar-refractivity contribution in [1.82, 2.24) is 20.0 Å². The highest BCUT2D eigenvalue weighted by Gasteiger charge is 2.48. The molecule has 0 bridgehead atoms. The molecule has 1 N–H and O–H groups in total. The quantitative estimate of drug-likeness (QED) is 0.659. The number of carbonyl (C=O) groups is 3. The average Bonchev–Trinajstić information content (AvgIpc) is 3.17. The lowest BCUT2D eigenvalue weighted by molar-refractivity contribution is -0.145. The van der Waals surface area contributed by atoms with Gasteiger partial charge in [0.2, 0.25) is 5.91 Å². The molecule has 0 aliphatic carbocycles. The first-order chi connectivity index (χ1) is 16.1. The molecule has 0 saturated carbocycles. The van der Waals surface area contributed by atoms with Gasteiger partial charge >= 0.3 is 12.2 Å². The molecule has 0 spiro atoms. The maximum atomic E-state index is 13.7. The third-order valence-corrected chi connectivity index (χ3v) is 6.29. The number of hydrogen-bond donors (Lipinski definition) is 1. The van der Waals surface area contributed by atoms with Gasteiger partial charge in [-0.3, -0.25) is 14.5 Å².